The molecule has 2 N–H and O–H groups in total. The summed E-state index contributed by atoms with van der Waals surface area (Å²) in [5.74, 6) is 0.537. The van der Waals surface area contributed by atoms with E-state index in [1.165, 1.54) is 17.1 Å². The molecule has 10 nitrogen and oxygen atoms in total. The normalized spacial score (nSPS) is 17.5. The van der Waals surface area contributed by atoms with Crippen LogP contribution in [-0.4, -0.2) is 41.1 Å². The first kappa shape index (κ1) is 24.6. The molecule has 0 bridgehead atoms. The Bertz CT molecular complexity index is 1320. The summed E-state index contributed by atoms with van der Waals surface area (Å²) in [4.78, 5) is 20.8. The van der Waals surface area contributed by atoms with E-state index in [1.54, 1.807) is 44.4 Å². The molecule has 4 rings (SSSR count). The van der Waals surface area contributed by atoms with Crippen LogP contribution in [0.3, 0.4) is 0 Å². The van der Waals surface area contributed by atoms with Crippen molar-refractivity contribution in [2.75, 3.05) is 11.8 Å². The monoisotopic (exact) mass is 498 g/mol. The number of rotatable bonds is 7. The number of hydrogen-bond acceptors (Lipinski definition) is 7. The lowest BCUT2D eigenvalue weighted by molar-refractivity contribution is 0.0963. The third kappa shape index (κ3) is 5.61. The van der Waals surface area contributed by atoms with E-state index in [1.807, 2.05) is 0 Å². The molecule has 0 radical (unpaired) electrons. The molecule has 1 amide bonds. The maximum absolute atomic E-state index is 12.9. The van der Waals surface area contributed by atoms with Gasteiger partial charge >= 0.3 is 0 Å². The lowest BCUT2D eigenvalue weighted by atomic mass is 9.67. The molecule has 1 aromatic carbocycles. The Morgan fingerprint density at radius 1 is 1.17 bits per heavy atom. The Labute approximate surface area is 205 Å². The van der Waals surface area contributed by atoms with Gasteiger partial charge in [0.2, 0.25) is 11.8 Å². The predicted molar refractivity (Wildman–Crippen MR) is 131 cm³/mol. The first-order valence-electron chi connectivity index (χ1n) is 11.5. The van der Waals surface area contributed by atoms with Crippen LogP contribution in [0, 0.1) is 5.41 Å². The first-order chi connectivity index (χ1) is 16.6. The lowest BCUT2D eigenvalue weighted by Gasteiger charge is -2.38. The average molecular weight is 499 g/mol. The number of nitrogens with one attached hydrogen (secondary N) is 2. The van der Waals surface area contributed by atoms with Crippen LogP contribution in [0.1, 0.15) is 61.5 Å². The summed E-state index contributed by atoms with van der Waals surface area (Å²) in [6.07, 6.45) is 6.89. The highest BCUT2D eigenvalue weighted by Gasteiger charge is 2.35. The van der Waals surface area contributed by atoms with E-state index >= 15 is 0 Å². The number of sulfonamides is 1. The van der Waals surface area contributed by atoms with Gasteiger partial charge in [-0.1, -0.05) is 26.7 Å². The van der Waals surface area contributed by atoms with Gasteiger partial charge in [0.15, 0.2) is 0 Å². The van der Waals surface area contributed by atoms with Crippen molar-refractivity contribution in [1.29, 1.82) is 0 Å². The zero-order valence-corrected chi connectivity index (χ0v) is 21.1. The molecule has 3 aromatic rings. The minimum absolute atomic E-state index is 0.00146. The van der Waals surface area contributed by atoms with Crippen molar-refractivity contribution in [2.24, 2.45) is 12.5 Å². The van der Waals surface area contributed by atoms with Gasteiger partial charge in [0, 0.05) is 37.8 Å². The topological polar surface area (TPSA) is 128 Å². The van der Waals surface area contributed by atoms with Crippen molar-refractivity contribution >= 4 is 21.9 Å². The minimum atomic E-state index is -3.93. The summed E-state index contributed by atoms with van der Waals surface area (Å²) in [6, 6.07) is 8.39. The van der Waals surface area contributed by atoms with Crippen molar-refractivity contribution < 1.29 is 17.9 Å². The van der Waals surface area contributed by atoms with Crippen LogP contribution < -0.4 is 14.8 Å². The van der Waals surface area contributed by atoms with Crippen LogP contribution in [0.25, 0.3) is 0 Å². The Morgan fingerprint density at radius 2 is 1.91 bits per heavy atom. The van der Waals surface area contributed by atoms with Gasteiger partial charge in [0.05, 0.1) is 11.9 Å². The molecule has 11 heteroatoms. The largest absolute Gasteiger partial charge is 0.439 e. The maximum Gasteiger partial charge on any atom is 0.267 e. The fraction of sp³-hybridized carbons (Fsp3) is 0.417. The third-order valence-electron chi connectivity index (χ3n) is 6.37. The Hall–Kier alpha value is -3.47. The Kier molecular flexibility index (Phi) is 6.79. The van der Waals surface area contributed by atoms with Crippen LogP contribution in [-0.2, 0) is 17.1 Å². The fourth-order valence-electron chi connectivity index (χ4n) is 4.42. The second kappa shape index (κ2) is 9.65. The van der Waals surface area contributed by atoms with E-state index in [2.05, 4.69) is 39.0 Å². The minimum Gasteiger partial charge on any atom is -0.439 e. The van der Waals surface area contributed by atoms with Gasteiger partial charge in [-0.15, -0.1) is 0 Å². The number of carbonyl (C=O) groups is 1. The van der Waals surface area contributed by atoms with Gasteiger partial charge in [0.25, 0.3) is 15.9 Å². The van der Waals surface area contributed by atoms with Crippen LogP contribution in [0.15, 0.2) is 47.6 Å². The summed E-state index contributed by atoms with van der Waals surface area (Å²) >= 11 is 0. The van der Waals surface area contributed by atoms with Crippen molar-refractivity contribution in [3.05, 3.63) is 54.0 Å². The number of aryl methyl sites for hydroxylation is 1. The number of hydrogen-bond donors (Lipinski definition) is 2. The Morgan fingerprint density at radius 3 is 2.54 bits per heavy atom. The summed E-state index contributed by atoms with van der Waals surface area (Å²) < 4.78 is 35.7. The molecule has 0 spiro atoms. The van der Waals surface area contributed by atoms with Crippen molar-refractivity contribution in [1.82, 2.24) is 25.1 Å². The highest BCUT2D eigenvalue weighted by atomic mass is 32.2. The smallest absolute Gasteiger partial charge is 0.267 e. The molecule has 1 unspecified atom stereocenters. The van der Waals surface area contributed by atoms with Crippen LogP contribution in [0.5, 0.6) is 11.6 Å². The average Bonchev–Trinajstić information content (AvgIpc) is 3.25. The van der Waals surface area contributed by atoms with Crippen molar-refractivity contribution in [2.45, 2.75) is 50.3 Å². The van der Waals surface area contributed by atoms with Crippen molar-refractivity contribution in [3.8, 4) is 11.6 Å². The Balaban J connectivity index is 1.69. The highest BCUT2D eigenvalue weighted by molar-refractivity contribution is 7.92. The number of aromatic nitrogens is 4. The molecule has 2 heterocycles. The molecule has 0 saturated heterocycles. The van der Waals surface area contributed by atoms with Gasteiger partial charge in [-0.25, -0.2) is 18.1 Å². The van der Waals surface area contributed by atoms with Crippen LogP contribution in [0.2, 0.25) is 0 Å². The van der Waals surface area contributed by atoms with Crippen LogP contribution in [0.4, 0.5) is 5.95 Å². The molecule has 0 aliphatic heterocycles. The number of nitrogens with zero attached hydrogens (tertiary/aromatic N) is 4. The summed E-state index contributed by atoms with van der Waals surface area (Å²) in [5.41, 5.74) is 1.22. The van der Waals surface area contributed by atoms with Gasteiger partial charge < -0.3 is 10.1 Å². The molecule has 1 aliphatic rings. The van der Waals surface area contributed by atoms with Gasteiger partial charge in [-0.3, -0.25) is 9.48 Å². The molecule has 2 aromatic heterocycles. The zero-order valence-electron chi connectivity index (χ0n) is 20.3. The van der Waals surface area contributed by atoms with Gasteiger partial charge in [0.1, 0.15) is 10.6 Å². The second-order valence-corrected chi connectivity index (χ2v) is 11.1. The second-order valence-electron chi connectivity index (χ2n) is 9.40. The molecule has 1 fully saturated rings. The third-order valence-corrected chi connectivity index (χ3v) is 7.65. The summed E-state index contributed by atoms with van der Waals surface area (Å²) in [5, 5.41) is 6.51. The number of carbonyl (C=O) groups excluding carboxylic acids is 1. The molecule has 35 heavy (non-hydrogen) atoms. The fourth-order valence-corrected chi connectivity index (χ4v) is 5.34. The number of amides is 1. The van der Waals surface area contributed by atoms with E-state index in [4.69, 9.17) is 4.74 Å². The maximum atomic E-state index is 12.9. The van der Waals surface area contributed by atoms with E-state index in [9.17, 15) is 13.2 Å². The van der Waals surface area contributed by atoms with E-state index in [0.29, 0.717) is 11.3 Å². The summed E-state index contributed by atoms with van der Waals surface area (Å²) in [7, 11) is -0.728. The number of anilines is 1. The quantitative estimate of drug-likeness (QED) is 0.506. The van der Waals surface area contributed by atoms with Crippen molar-refractivity contribution in [3.63, 3.8) is 0 Å². The standard InChI is InChI=1S/C24H30N6O4S/c1-24(2)12-6-5-7-19(24)20-13-21(34-17-10-8-16(9-11-17)22(31)25-3)28-23(27-20)29-35(32,33)18-14-26-30(4)15-18/h8-11,13-15,19H,5-7,12H2,1-4H3,(H,25,31)(H,27,28,29). The van der Waals surface area contributed by atoms with Crippen LogP contribution >= 0.6 is 0 Å². The zero-order chi connectivity index (χ0) is 25.2. The molecule has 1 atom stereocenters. The van der Waals surface area contributed by atoms with Gasteiger partial charge in [-0.05, 0) is 42.5 Å². The predicted octanol–water partition coefficient (Wildman–Crippen LogP) is 3.85. The number of ether oxygens (including phenoxy) is 1. The highest BCUT2D eigenvalue weighted by Crippen LogP contribution is 2.46. The first-order valence-corrected chi connectivity index (χ1v) is 13.0. The molecule has 186 valence electrons. The molecule has 1 saturated carbocycles. The SMILES string of the molecule is CNC(=O)c1ccc(Oc2cc(C3CCCCC3(C)C)nc(NS(=O)(=O)c3cnn(C)c3)n2)cc1. The van der Waals surface area contributed by atoms with E-state index in [-0.39, 0.29) is 34.0 Å². The number of benzene rings is 1. The lowest BCUT2D eigenvalue weighted by Crippen LogP contribution is -2.27. The van der Waals surface area contributed by atoms with Gasteiger partial charge in [-0.2, -0.15) is 10.1 Å². The van der Waals surface area contributed by atoms with E-state index in [0.717, 1.165) is 31.4 Å². The van der Waals surface area contributed by atoms with E-state index < -0.39 is 10.0 Å². The molecular weight excluding hydrogens is 468 g/mol. The summed E-state index contributed by atoms with van der Waals surface area (Å²) in [6.45, 7) is 4.41. The molecular formula is C24H30N6O4S. The molecule has 1 aliphatic carbocycles.